The molecule has 0 radical (unpaired) electrons. The van der Waals surface area contributed by atoms with Gasteiger partial charge in [0.25, 0.3) is 0 Å². The second-order valence-corrected chi connectivity index (χ2v) is 5.87. The molecular weight excluding hydrogens is 241 g/mol. The summed E-state index contributed by atoms with van der Waals surface area (Å²) in [4.78, 5) is 4.27. The van der Waals surface area contributed by atoms with Crippen molar-refractivity contribution in [2.75, 3.05) is 6.61 Å². The van der Waals surface area contributed by atoms with Gasteiger partial charge in [-0.2, -0.15) is 0 Å². The lowest BCUT2D eigenvalue weighted by atomic mass is 9.80. The standard InChI is InChI=1S/C14H22BNO3/c1-6-9-17-12-8-7-11(10-16-12)15-18-13(2,3)14(4,5)19-15/h7-8,10H,6,9H2,1-5H3. The molecule has 5 heteroatoms. The Morgan fingerprint density at radius 3 is 2.26 bits per heavy atom. The minimum Gasteiger partial charge on any atom is -0.478 e. The summed E-state index contributed by atoms with van der Waals surface area (Å²) in [5.74, 6) is 0.641. The SMILES string of the molecule is CCCOc1ccc(B2OC(C)(C)C(C)(C)O2)cn1. The Kier molecular flexibility index (Phi) is 3.88. The predicted octanol–water partition coefficient (Wildman–Crippen LogP) is 2.17. The molecule has 0 amide bonds. The second-order valence-electron chi connectivity index (χ2n) is 5.87. The van der Waals surface area contributed by atoms with E-state index in [-0.39, 0.29) is 18.3 Å². The molecule has 19 heavy (non-hydrogen) atoms. The summed E-state index contributed by atoms with van der Waals surface area (Å²) in [6.07, 6.45) is 2.73. The molecule has 1 aliphatic heterocycles. The third-order valence-corrected chi connectivity index (χ3v) is 3.74. The summed E-state index contributed by atoms with van der Waals surface area (Å²) in [7, 11) is -0.363. The fourth-order valence-electron chi connectivity index (χ4n) is 1.80. The zero-order valence-corrected chi connectivity index (χ0v) is 12.4. The maximum absolute atomic E-state index is 5.97. The zero-order chi connectivity index (χ0) is 14.1. The Morgan fingerprint density at radius 1 is 1.16 bits per heavy atom. The van der Waals surface area contributed by atoms with Crippen LogP contribution in [0.5, 0.6) is 5.88 Å². The van der Waals surface area contributed by atoms with Gasteiger partial charge in [0, 0.05) is 11.7 Å². The zero-order valence-electron chi connectivity index (χ0n) is 12.4. The van der Waals surface area contributed by atoms with Gasteiger partial charge >= 0.3 is 7.12 Å². The van der Waals surface area contributed by atoms with E-state index < -0.39 is 0 Å². The van der Waals surface area contributed by atoms with E-state index in [1.165, 1.54) is 0 Å². The Hall–Kier alpha value is -1.07. The monoisotopic (exact) mass is 263 g/mol. The van der Waals surface area contributed by atoms with Crippen LogP contribution in [0.1, 0.15) is 41.0 Å². The van der Waals surface area contributed by atoms with Gasteiger partial charge in [-0.3, -0.25) is 0 Å². The minimum absolute atomic E-state index is 0.324. The van der Waals surface area contributed by atoms with Gasteiger partial charge < -0.3 is 14.0 Å². The molecular formula is C14H22BNO3. The van der Waals surface area contributed by atoms with Crippen LogP contribution in [0.4, 0.5) is 0 Å². The van der Waals surface area contributed by atoms with Gasteiger partial charge in [-0.1, -0.05) is 13.0 Å². The lowest BCUT2D eigenvalue weighted by molar-refractivity contribution is 0.00578. The summed E-state index contributed by atoms with van der Waals surface area (Å²) >= 11 is 0. The molecule has 0 N–H and O–H groups in total. The first-order valence-electron chi connectivity index (χ1n) is 6.80. The second kappa shape index (κ2) is 5.14. The third-order valence-electron chi connectivity index (χ3n) is 3.74. The normalized spacial score (nSPS) is 20.6. The number of ether oxygens (including phenoxy) is 1. The summed E-state index contributed by atoms with van der Waals surface area (Å²) in [6.45, 7) is 10.9. The van der Waals surface area contributed by atoms with Gasteiger partial charge in [-0.25, -0.2) is 4.98 Å². The van der Waals surface area contributed by atoms with Crippen LogP contribution in [0.2, 0.25) is 0 Å². The Bertz CT molecular complexity index is 415. The van der Waals surface area contributed by atoms with E-state index in [0.29, 0.717) is 12.5 Å². The van der Waals surface area contributed by atoms with E-state index in [9.17, 15) is 0 Å². The number of hydrogen-bond donors (Lipinski definition) is 0. The molecule has 0 aliphatic carbocycles. The van der Waals surface area contributed by atoms with E-state index in [0.717, 1.165) is 11.9 Å². The first kappa shape index (κ1) is 14.3. The fraction of sp³-hybridized carbons (Fsp3) is 0.643. The lowest BCUT2D eigenvalue weighted by Crippen LogP contribution is -2.41. The van der Waals surface area contributed by atoms with Crippen molar-refractivity contribution in [1.82, 2.24) is 4.98 Å². The van der Waals surface area contributed by atoms with Crippen molar-refractivity contribution in [1.29, 1.82) is 0 Å². The molecule has 2 heterocycles. The average Bonchev–Trinajstić information content (AvgIpc) is 2.56. The molecule has 0 spiro atoms. The Balaban J connectivity index is 2.08. The molecule has 0 atom stereocenters. The van der Waals surface area contributed by atoms with Crippen molar-refractivity contribution < 1.29 is 14.0 Å². The van der Waals surface area contributed by atoms with E-state index in [1.54, 1.807) is 6.20 Å². The van der Waals surface area contributed by atoms with Crippen LogP contribution >= 0.6 is 0 Å². The van der Waals surface area contributed by atoms with E-state index >= 15 is 0 Å². The quantitative estimate of drug-likeness (QED) is 0.780. The predicted molar refractivity (Wildman–Crippen MR) is 75.7 cm³/mol. The van der Waals surface area contributed by atoms with Gasteiger partial charge in [0.05, 0.1) is 17.8 Å². The average molecular weight is 263 g/mol. The topological polar surface area (TPSA) is 40.6 Å². The van der Waals surface area contributed by atoms with Crippen molar-refractivity contribution in [3.8, 4) is 5.88 Å². The van der Waals surface area contributed by atoms with E-state index in [1.807, 2.05) is 39.8 Å². The summed E-state index contributed by atoms with van der Waals surface area (Å²) in [5, 5.41) is 0. The minimum atomic E-state index is -0.363. The van der Waals surface area contributed by atoms with Crippen molar-refractivity contribution in [3.63, 3.8) is 0 Å². The van der Waals surface area contributed by atoms with Gasteiger partial charge in [0.15, 0.2) is 0 Å². The molecule has 0 unspecified atom stereocenters. The van der Waals surface area contributed by atoms with Crippen LogP contribution in [-0.2, 0) is 9.31 Å². The molecule has 0 aromatic carbocycles. The highest BCUT2D eigenvalue weighted by Crippen LogP contribution is 2.36. The highest BCUT2D eigenvalue weighted by atomic mass is 16.7. The van der Waals surface area contributed by atoms with Crippen LogP contribution < -0.4 is 10.2 Å². The Morgan fingerprint density at radius 2 is 1.79 bits per heavy atom. The molecule has 0 saturated carbocycles. The number of aromatic nitrogens is 1. The van der Waals surface area contributed by atoms with Gasteiger partial charge in [0.1, 0.15) is 0 Å². The summed E-state index contributed by atoms with van der Waals surface area (Å²) < 4.78 is 17.4. The van der Waals surface area contributed by atoms with Crippen molar-refractivity contribution in [2.45, 2.75) is 52.2 Å². The largest absolute Gasteiger partial charge is 0.496 e. The van der Waals surface area contributed by atoms with Crippen LogP contribution in [0.25, 0.3) is 0 Å². The van der Waals surface area contributed by atoms with Gasteiger partial charge in [-0.05, 0) is 40.2 Å². The Labute approximate surface area is 115 Å². The van der Waals surface area contributed by atoms with Crippen molar-refractivity contribution >= 4 is 12.6 Å². The van der Waals surface area contributed by atoms with Gasteiger partial charge in [0.2, 0.25) is 5.88 Å². The van der Waals surface area contributed by atoms with Crippen LogP contribution in [0.3, 0.4) is 0 Å². The number of nitrogens with zero attached hydrogens (tertiary/aromatic N) is 1. The first-order valence-corrected chi connectivity index (χ1v) is 6.80. The first-order chi connectivity index (χ1) is 8.86. The number of pyridine rings is 1. The maximum atomic E-state index is 5.97. The summed E-state index contributed by atoms with van der Waals surface area (Å²) in [5.41, 5.74) is 0.270. The van der Waals surface area contributed by atoms with E-state index in [2.05, 4.69) is 11.9 Å². The number of rotatable bonds is 4. The molecule has 1 fully saturated rings. The van der Waals surface area contributed by atoms with Gasteiger partial charge in [-0.15, -0.1) is 0 Å². The fourth-order valence-corrected chi connectivity index (χ4v) is 1.80. The third kappa shape index (κ3) is 2.93. The molecule has 104 valence electrons. The molecule has 1 aliphatic rings. The number of hydrogen-bond acceptors (Lipinski definition) is 4. The van der Waals surface area contributed by atoms with Crippen LogP contribution in [-0.4, -0.2) is 29.9 Å². The van der Waals surface area contributed by atoms with Crippen molar-refractivity contribution in [2.24, 2.45) is 0 Å². The molecule has 0 bridgehead atoms. The van der Waals surface area contributed by atoms with E-state index in [4.69, 9.17) is 14.0 Å². The smallest absolute Gasteiger partial charge is 0.478 e. The molecule has 1 saturated heterocycles. The van der Waals surface area contributed by atoms with Crippen LogP contribution in [0, 0.1) is 0 Å². The highest BCUT2D eigenvalue weighted by molar-refractivity contribution is 6.62. The van der Waals surface area contributed by atoms with Crippen LogP contribution in [0.15, 0.2) is 18.3 Å². The molecule has 1 aromatic heterocycles. The highest BCUT2D eigenvalue weighted by Gasteiger charge is 2.51. The molecule has 1 aromatic rings. The van der Waals surface area contributed by atoms with Crippen molar-refractivity contribution in [3.05, 3.63) is 18.3 Å². The maximum Gasteiger partial charge on any atom is 0.496 e. The summed E-state index contributed by atoms with van der Waals surface area (Å²) in [6, 6.07) is 3.80. The lowest BCUT2D eigenvalue weighted by Gasteiger charge is -2.32. The molecule has 2 rings (SSSR count). The molecule has 4 nitrogen and oxygen atoms in total.